The molecular weight excluding hydrogens is 546 g/mol. The number of carbonyl (C=O) groups excluding carboxylic acids is 3. The number of carboxylic acid groups (broad SMARTS) is 1. The maximum Gasteiger partial charge on any atom is 0.415 e. The minimum absolute atomic E-state index is 0.108. The van der Waals surface area contributed by atoms with E-state index in [0.717, 1.165) is 17.1 Å². The van der Waals surface area contributed by atoms with Crippen molar-refractivity contribution < 1.29 is 37.4 Å². The summed E-state index contributed by atoms with van der Waals surface area (Å²) in [5.41, 5.74) is 1.19. The smallest absolute Gasteiger partial charge is 0.415 e. The van der Waals surface area contributed by atoms with Crippen molar-refractivity contribution in [3.63, 3.8) is 0 Å². The number of amides is 2. The first kappa shape index (κ1) is 28.6. The summed E-state index contributed by atoms with van der Waals surface area (Å²) in [6.45, 7) is 2.83. The van der Waals surface area contributed by atoms with Gasteiger partial charge in [0.15, 0.2) is 0 Å². The topological polar surface area (TPSA) is 150 Å². The van der Waals surface area contributed by atoms with Crippen LogP contribution in [0.4, 0.5) is 4.79 Å². The molecule has 2 amide bonds. The SMILES string of the molecule is Cc1ccc(S(=O)(=O)N(C(=O)[C@@H]2CC(=O)CN2)[C@@H](Cc2ccc(OC(=O)N3CCSCC3)cc2)C(=O)O)cc1. The highest BCUT2D eigenvalue weighted by molar-refractivity contribution is 7.99. The quantitative estimate of drug-likeness (QED) is 0.476. The average Bonchev–Trinajstić information content (AvgIpc) is 3.36. The molecule has 2 heterocycles. The van der Waals surface area contributed by atoms with E-state index in [0.29, 0.717) is 23.0 Å². The summed E-state index contributed by atoms with van der Waals surface area (Å²) in [6.07, 6.45) is -1.06. The van der Waals surface area contributed by atoms with Crippen LogP contribution in [-0.2, 0) is 30.8 Å². The average molecular weight is 576 g/mol. The van der Waals surface area contributed by atoms with Crippen LogP contribution in [0.2, 0.25) is 0 Å². The van der Waals surface area contributed by atoms with Crippen molar-refractivity contribution in [3.05, 3.63) is 59.7 Å². The Morgan fingerprint density at radius 2 is 1.74 bits per heavy atom. The molecule has 2 aliphatic rings. The zero-order chi connectivity index (χ0) is 28.2. The van der Waals surface area contributed by atoms with Crippen molar-refractivity contribution in [1.82, 2.24) is 14.5 Å². The third-order valence-electron chi connectivity index (χ3n) is 6.47. The van der Waals surface area contributed by atoms with E-state index in [1.54, 1.807) is 35.7 Å². The summed E-state index contributed by atoms with van der Waals surface area (Å²) < 4.78 is 33.1. The van der Waals surface area contributed by atoms with Crippen LogP contribution >= 0.6 is 11.8 Å². The van der Waals surface area contributed by atoms with Gasteiger partial charge in [0.25, 0.3) is 15.9 Å². The third kappa shape index (κ3) is 6.78. The molecule has 0 bridgehead atoms. The van der Waals surface area contributed by atoms with Gasteiger partial charge in [-0.05, 0) is 36.8 Å². The second-order valence-corrected chi connectivity index (χ2v) is 12.3. The molecule has 2 aromatic carbocycles. The Hall–Kier alpha value is -3.42. The number of carboxylic acids is 1. The van der Waals surface area contributed by atoms with Gasteiger partial charge in [0.05, 0.1) is 17.5 Å². The van der Waals surface area contributed by atoms with Crippen molar-refractivity contribution in [2.24, 2.45) is 0 Å². The van der Waals surface area contributed by atoms with E-state index in [2.05, 4.69) is 5.32 Å². The zero-order valence-corrected chi connectivity index (χ0v) is 22.9. The minimum atomic E-state index is -4.60. The largest absolute Gasteiger partial charge is 0.480 e. The molecule has 2 fully saturated rings. The molecule has 11 nitrogen and oxygen atoms in total. The van der Waals surface area contributed by atoms with Gasteiger partial charge >= 0.3 is 12.1 Å². The van der Waals surface area contributed by atoms with Crippen molar-refractivity contribution in [1.29, 1.82) is 0 Å². The van der Waals surface area contributed by atoms with Crippen molar-refractivity contribution in [2.45, 2.75) is 36.7 Å². The molecule has 0 aliphatic carbocycles. The first-order chi connectivity index (χ1) is 18.6. The van der Waals surface area contributed by atoms with Gasteiger partial charge in [-0.3, -0.25) is 14.9 Å². The molecule has 2 N–H and O–H groups in total. The normalized spacial score (nSPS) is 18.4. The first-order valence-electron chi connectivity index (χ1n) is 12.3. The second kappa shape index (κ2) is 12.2. The maximum absolute atomic E-state index is 13.7. The Balaban J connectivity index is 1.59. The van der Waals surface area contributed by atoms with Gasteiger partial charge in [-0.25, -0.2) is 22.3 Å². The van der Waals surface area contributed by atoms with Gasteiger partial charge < -0.3 is 14.7 Å². The molecular formula is C26H29N3O8S2. The van der Waals surface area contributed by atoms with Gasteiger partial charge in [-0.2, -0.15) is 11.8 Å². The number of aliphatic carboxylic acids is 1. The van der Waals surface area contributed by atoms with Crippen LogP contribution < -0.4 is 10.1 Å². The fourth-order valence-electron chi connectivity index (χ4n) is 4.30. The number of benzene rings is 2. The zero-order valence-electron chi connectivity index (χ0n) is 21.2. The van der Waals surface area contributed by atoms with Crippen LogP contribution in [0, 0.1) is 6.92 Å². The van der Waals surface area contributed by atoms with Crippen molar-refractivity contribution in [2.75, 3.05) is 31.1 Å². The van der Waals surface area contributed by atoms with Crippen LogP contribution in [0.15, 0.2) is 53.4 Å². The molecule has 0 radical (unpaired) electrons. The van der Waals surface area contributed by atoms with E-state index in [-0.39, 0.29) is 35.8 Å². The van der Waals surface area contributed by atoms with Crippen LogP contribution in [0.3, 0.4) is 0 Å². The number of rotatable bonds is 8. The molecule has 0 unspecified atom stereocenters. The van der Waals surface area contributed by atoms with E-state index < -0.39 is 40.1 Å². The van der Waals surface area contributed by atoms with Gasteiger partial charge in [0.1, 0.15) is 17.6 Å². The van der Waals surface area contributed by atoms with Crippen molar-refractivity contribution >= 4 is 45.5 Å². The van der Waals surface area contributed by atoms with Crippen LogP contribution in [0.25, 0.3) is 0 Å². The first-order valence-corrected chi connectivity index (χ1v) is 14.9. The fraction of sp³-hybridized carbons (Fsp3) is 0.385. The van der Waals surface area contributed by atoms with E-state index in [1.807, 2.05) is 0 Å². The molecule has 39 heavy (non-hydrogen) atoms. The number of hydrogen-bond donors (Lipinski definition) is 2. The molecule has 208 valence electrons. The number of Topliss-reactive ketones (excluding diaryl/α,β-unsaturated/α-hetero) is 1. The predicted molar refractivity (Wildman–Crippen MR) is 143 cm³/mol. The van der Waals surface area contributed by atoms with E-state index >= 15 is 0 Å². The summed E-state index contributed by atoms with van der Waals surface area (Å²) in [7, 11) is -4.60. The van der Waals surface area contributed by atoms with Gasteiger partial charge in [0, 0.05) is 37.4 Å². The summed E-state index contributed by atoms with van der Waals surface area (Å²) in [4.78, 5) is 51.4. The lowest BCUT2D eigenvalue weighted by atomic mass is 10.0. The van der Waals surface area contributed by atoms with E-state index in [1.165, 1.54) is 36.4 Å². The molecule has 13 heteroatoms. The Labute approximate surface area is 230 Å². The lowest BCUT2D eigenvalue weighted by Crippen LogP contribution is -2.54. The number of thioether (sulfide) groups is 1. The van der Waals surface area contributed by atoms with Crippen LogP contribution in [0.5, 0.6) is 5.75 Å². The lowest BCUT2D eigenvalue weighted by molar-refractivity contribution is -0.146. The Kier molecular flexibility index (Phi) is 8.93. The van der Waals surface area contributed by atoms with Crippen LogP contribution in [-0.4, -0.2) is 89.7 Å². The highest BCUT2D eigenvalue weighted by Gasteiger charge is 2.44. The second-order valence-electron chi connectivity index (χ2n) is 9.30. The molecule has 0 aromatic heterocycles. The van der Waals surface area contributed by atoms with Crippen LogP contribution in [0.1, 0.15) is 17.5 Å². The number of aryl methyl sites for hydroxylation is 1. The summed E-state index contributed by atoms with van der Waals surface area (Å²) in [6, 6.07) is 8.77. The molecule has 0 saturated carbocycles. The summed E-state index contributed by atoms with van der Waals surface area (Å²) in [5.74, 6) is -0.906. The summed E-state index contributed by atoms with van der Waals surface area (Å²) in [5, 5.41) is 12.8. The number of nitrogens with one attached hydrogen (secondary N) is 1. The fourth-order valence-corrected chi connectivity index (χ4v) is 6.77. The van der Waals surface area contributed by atoms with Crippen molar-refractivity contribution in [3.8, 4) is 5.75 Å². The number of hydrogen-bond acceptors (Lipinski definition) is 9. The van der Waals surface area contributed by atoms with E-state index in [4.69, 9.17) is 4.74 Å². The molecule has 4 rings (SSSR count). The standard InChI is InChI=1S/C26H29N3O8S2/c1-17-2-8-21(9-3-17)39(35,36)29(24(31)22-15-19(30)16-27-22)23(25(32)33)14-18-4-6-20(7-5-18)37-26(34)28-10-12-38-13-11-28/h2-9,22-23,27H,10-16H2,1H3,(H,32,33)/t22-,23-/m0/s1. The van der Waals surface area contributed by atoms with E-state index in [9.17, 15) is 32.7 Å². The summed E-state index contributed by atoms with van der Waals surface area (Å²) >= 11 is 1.76. The maximum atomic E-state index is 13.7. The molecule has 2 aliphatic heterocycles. The molecule has 0 spiro atoms. The lowest BCUT2D eigenvalue weighted by Gasteiger charge is -2.30. The number of nitrogens with zero attached hydrogens (tertiary/aromatic N) is 2. The number of ketones is 1. The van der Waals surface area contributed by atoms with Gasteiger partial charge in [-0.1, -0.05) is 29.8 Å². The predicted octanol–water partition coefficient (Wildman–Crippen LogP) is 1.69. The molecule has 2 aromatic rings. The molecule has 2 saturated heterocycles. The number of ether oxygens (including phenoxy) is 1. The highest BCUT2D eigenvalue weighted by Crippen LogP contribution is 2.25. The Morgan fingerprint density at radius 1 is 1.10 bits per heavy atom. The Morgan fingerprint density at radius 3 is 2.31 bits per heavy atom. The van der Waals surface area contributed by atoms with Gasteiger partial charge in [-0.15, -0.1) is 0 Å². The third-order valence-corrected chi connectivity index (χ3v) is 9.23. The monoisotopic (exact) mass is 575 g/mol. The Bertz CT molecular complexity index is 1340. The van der Waals surface area contributed by atoms with Gasteiger partial charge in [0.2, 0.25) is 0 Å². The minimum Gasteiger partial charge on any atom is -0.480 e. The number of sulfonamides is 1. The highest BCUT2D eigenvalue weighted by atomic mass is 32.2. The molecule has 2 atom stereocenters. The number of carbonyl (C=O) groups is 4.